The van der Waals surface area contributed by atoms with Gasteiger partial charge >= 0.3 is 5.97 Å². The summed E-state index contributed by atoms with van der Waals surface area (Å²) >= 11 is 0. The molecule has 0 aromatic heterocycles. The maximum Gasteiger partial charge on any atom is 0.340 e. The van der Waals surface area contributed by atoms with Crippen LogP contribution in [0.1, 0.15) is 17.3 Å². The molecule has 0 fully saturated rings. The van der Waals surface area contributed by atoms with Crippen molar-refractivity contribution in [2.75, 3.05) is 23.8 Å². The first kappa shape index (κ1) is 16.5. The van der Waals surface area contributed by atoms with Crippen molar-refractivity contribution in [3.05, 3.63) is 59.9 Å². The minimum Gasteiger partial charge on any atom is -0.462 e. The van der Waals surface area contributed by atoms with Gasteiger partial charge in [-0.05, 0) is 37.3 Å². The van der Waals surface area contributed by atoms with Crippen LogP contribution >= 0.6 is 0 Å². The molecule has 2 aromatic rings. The van der Waals surface area contributed by atoms with Gasteiger partial charge in [-0.3, -0.25) is 4.79 Å². The number of anilines is 2. The number of para-hydroxylation sites is 1. The van der Waals surface area contributed by atoms with Crippen LogP contribution in [-0.2, 0) is 9.53 Å². The van der Waals surface area contributed by atoms with Crippen LogP contribution in [0.4, 0.5) is 15.8 Å². The molecular weight excluding hydrogens is 299 g/mol. The van der Waals surface area contributed by atoms with Crippen molar-refractivity contribution >= 4 is 23.3 Å². The molecule has 0 saturated carbocycles. The van der Waals surface area contributed by atoms with E-state index in [1.165, 1.54) is 12.1 Å². The minimum absolute atomic E-state index is 0.0549. The molecule has 0 saturated heterocycles. The number of benzene rings is 2. The van der Waals surface area contributed by atoms with Gasteiger partial charge in [-0.15, -0.1) is 0 Å². The van der Waals surface area contributed by atoms with E-state index in [4.69, 9.17) is 4.74 Å². The molecule has 5 nitrogen and oxygen atoms in total. The van der Waals surface area contributed by atoms with E-state index >= 15 is 0 Å². The fourth-order valence-corrected chi connectivity index (χ4v) is 1.95. The first-order chi connectivity index (χ1) is 11.1. The third-order valence-electron chi connectivity index (χ3n) is 2.97. The molecule has 0 bridgehead atoms. The van der Waals surface area contributed by atoms with Gasteiger partial charge in [0, 0.05) is 5.69 Å². The Morgan fingerprint density at radius 2 is 1.91 bits per heavy atom. The molecule has 2 aromatic carbocycles. The molecule has 120 valence electrons. The fraction of sp³-hybridized carbons (Fsp3) is 0.176. The summed E-state index contributed by atoms with van der Waals surface area (Å²) in [6.07, 6.45) is 0. The lowest BCUT2D eigenvalue weighted by molar-refractivity contribution is -0.114. The molecule has 0 unspecified atom stereocenters. The standard InChI is InChI=1S/C17H17FN2O3/c1-2-23-17(22)14-8-3-4-9-15(14)20-16(21)11-19-13-7-5-6-12(18)10-13/h3-10,19H,2,11H2,1H3,(H,20,21). The van der Waals surface area contributed by atoms with Gasteiger partial charge in [-0.1, -0.05) is 18.2 Å². The fourth-order valence-electron chi connectivity index (χ4n) is 1.95. The third kappa shape index (κ3) is 4.81. The summed E-state index contributed by atoms with van der Waals surface area (Å²) in [5.41, 5.74) is 1.16. The molecule has 0 aliphatic carbocycles. The van der Waals surface area contributed by atoms with E-state index < -0.39 is 5.97 Å². The Morgan fingerprint density at radius 1 is 1.13 bits per heavy atom. The Balaban J connectivity index is 1.99. The van der Waals surface area contributed by atoms with Crippen LogP contribution in [-0.4, -0.2) is 25.0 Å². The van der Waals surface area contributed by atoms with Gasteiger partial charge < -0.3 is 15.4 Å². The number of hydrogen-bond donors (Lipinski definition) is 2. The molecule has 6 heteroatoms. The van der Waals surface area contributed by atoms with E-state index in [9.17, 15) is 14.0 Å². The molecule has 0 heterocycles. The summed E-state index contributed by atoms with van der Waals surface area (Å²) in [4.78, 5) is 23.8. The van der Waals surface area contributed by atoms with Crippen LogP contribution < -0.4 is 10.6 Å². The van der Waals surface area contributed by atoms with Crippen LogP contribution in [0, 0.1) is 5.82 Å². The SMILES string of the molecule is CCOC(=O)c1ccccc1NC(=O)CNc1cccc(F)c1. The van der Waals surface area contributed by atoms with Crippen molar-refractivity contribution in [1.82, 2.24) is 0 Å². The van der Waals surface area contributed by atoms with Gasteiger partial charge in [0.15, 0.2) is 0 Å². The topological polar surface area (TPSA) is 67.4 Å². The van der Waals surface area contributed by atoms with Gasteiger partial charge in [0.2, 0.25) is 5.91 Å². The number of esters is 1. The zero-order valence-electron chi connectivity index (χ0n) is 12.6. The quantitative estimate of drug-likeness (QED) is 0.804. The number of ether oxygens (including phenoxy) is 1. The normalized spacial score (nSPS) is 10.0. The van der Waals surface area contributed by atoms with Crippen LogP contribution in [0.3, 0.4) is 0 Å². The van der Waals surface area contributed by atoms with Crippen molar-refractivity contribution < 1.29 is 18.7 Å². The monoisotopic (exact) mass is 316 g/mol. The van der Waals surface area contributed by atoms with E-state index in [-0.39, 0.29) is 30.4 Å². The highest BCUT2D eigenvalue weighted by molar-refractivity contribution is 6.02. The summed E-state index contributed by atoms with van der Waals surface area (Å²) in [5.74, 6) is -1.24. The Kier molecular flexibility index (Phi) is 5.68. The second kappa shape index (κ2) is 7.93. The first-order valence-corrected chi connectivity index (χ1v) is 7.15. The van der Waals surface area contributed by atoms with E-state index in [2.05, 4.69) is 10.6 Å². The van der Waals surface area contributed by atoms with Crippen molar-refractivity contribution in [1.29, 1.82) is 0 Å². The van der Waals surface area contributed by atoms with Gasteiger partial charge in [-0.25, -0.2) is 9.18 Å². The highest BCUT2D eigenvalue weighted by atomic mass is 19.1. The maximum absolute atomic E-state index is 13.1. The van der Waals surface area contributed by atoms with Gasteiger partial charge in [0.1, 0.15) is 5.82 Å². The van der Waals surface area contributed by atoms with Crippen LogP contribution in [0.15, 0.2) is 48.5 Å². The van der Waals surface area contributed by atoms with Crippen LogP contribution in [0.5, 0.6) is 0 Å². The molecule has 1 amide bonds. The van der Waals surface area contributed by atoms with Crippen molar-refractivity contribution in [3.8, 4) is 0 Å². The lowest BCUT2D eigenvalue weighted by Gasteiger charge is -2.11. The van der Waals surface area contributed by atoms with Gasteiger partial charge in [-0.2, -0.15) is 0 Å². The summed E-state index contributed by atoms with van der Waals surface area (Å²) in [6, 6.07) is 12.4. The second-order valence-electron chi connectivity index (χ2n) is 4.68. The molecule has 0 aliphatic heterocycles. The summed E-state index contributed by atoms with van der Waals surface area (Å²) in [6.45, 7) is 1.91. The van der Waals surface area contributed by atoms with E-state index in [0.717, 1.165) is 0 Å². The Bertz CT molecular complexity index is 704. The average Bonchev–Trinajstić information content (AvgIpc) is 2.54. The minimum atomic E-state index is -0.499. The Hall–Kier alpha value is -2.89. The highest BCUT2D eigenvalue weighted by Crippen LogP contribution is 2.16. The first-order valence-electron chi connectivity index (χ1n) is 7.15. The lowest BCUT2D eigenvalue weighted by atomic mass is 10.2. The zero-order chi connectivity index (χ0) is 16.7. The number of hydrogen-bond acceptors (Lipinski definition) is 4. The van der Waals surface area contributed by atoms with Gasteiger partial charge in [0.25, 0.3) is 0 Å². The third-order valence-corrected chi connectivity index (χ3v) is 2.97. The molecule has 23 heavy (non-hydrogen) atoms. The van der Waals surface area contributed by atoms with E-state index in [1.807, 2.05) is 0 Å². The summed E-state index contributed by atoms with van der Waals surface area (Å²) in [5, 5.41) is 5.45. The van der Waals surface area contributed by atoms with Crippen LogP contribution in [0.2, 0.25) is 0 Å². The molecule has 0 atom stereocenters. The molecule has 0 aliphatic rings. The number of halogens is 1. The molecule has 0 spiro atoms. The van der Waals surface area contributed by atoms with Crippen molar-refractivity contribution in [2.24, 2.45) is 0 Å². The van der Waals surface area contributed by atoms with E-state index in [0.29, 0.717) is 11.4 Å². The molecule has 2 N–H and O–H groups in total. The predicted molar refractivity (Wildman–Crippen MR) is 85.9 cm³/mol. The Morgan fingerprint density at radius 3 is 2.65 bits per heavy atom. The lowest BCUT2D eigenvalue weighted by Crippen LogP contribution is -2.23. The predicted octanol–water partition coefficient (Wildman–Crippen LogP) is 3.05. The summed E-state index contributed by atoms with van der Waals surface area (Å²) < 4.78 is 18.0. The summed E-state index contributed by atoms with van der Waals surface area (Å²) in [7, 11) is 0. The smallest absolute Gasteiger partial charge is 0.340 e. The van der Waals surface area contributed by atoms with E-state index in [1.54, 1.807) is 43.3 Å². The Labute approximate surface area is 133 Å². The largest absolute Gasteiger partial charge is 0.462 e. The highest BCUT2D eigenvalue weighted by Gasteiger charge is 2.13. The van der Waals surface area contributed by atoms with Gasteiger partial charge in [0.05, 0.1) is 24.4 Å². The average molecular weight is 316 g/mol. The second-order valence-corrected chi connectivity index (χ2v) is 4.68. The number of carbonyl (C=O) groups is 2. The maximum atomic E-state index is 13.1. The number of carbonyl (C=O) groups excluding carboxylic acids is 2. The zero-order valence-corrected chi connectivity index (χ0v) is 12.6. The number of rotatable bonds is 6. The van der Waals surface area contributed by atoms with Crippen LogP contribution in [0.25, 0.3) is 0 Å². The molecular formula is C17H17FN2O3. The molecule has 2 rings (SSSR count). The van der Waals surface area contributed by atoms with Crippen molar-refractivity contribution in [2.45, 2.75) is 6.92 Å². The molecule has 0 radical (unpaired) electrons. The van der Waals surface area contributed by atoms with Crippen molar-refractivity contribution in [3.63, 3.8) is 0 Å². The number of nitrogens with one attached hydrogen (secondary N) is 2. The number of amides is 1.